The van der Waals surface area contributed by atoms with Crippen LogP contribution in [0.15, 0.2) is 0 Å². The summed E-state index contributed by atoms with van der Waals surface area (Å²) in [5.74, 6) is -2.12. The fourth-order valence-electron chi connectivity index (χ4n) is 1.38. The molecule has 0 bridgehead atoms. The van der Waals surface area contributed by atoms with Crippen LogP contribution in [0.25, 0.3) is 0 Å². The number of carbonyl (C=O) groups is 2. The fraction of sp³-hybridized carbons (Fsp3) is 0.786. The Morgan fingerprint density at radius 2 is 1.53 bits per heavy atom. The molecule has 0 N–H and O–H groups in total. The van der Waals surface area contributed by atoms with Crippen LogP contribution in [0.2, 0.25) is 0 Å². The molecule has 0 aromatic rings. The van der Waals surface area contributed by atoms with Gasteiger partial charge in [-0.3, -0.25) is 9.59 Å². The third-order valence-corrected chi connectivity index (χ3v) is 2.60. The molecule has 0 spiro atoms. The van der Waals surface area contributed by atoms with Crippen LogP contribution in [0.1, 0.15) is 52.4 Å². The summed E-state index contributed by atoms with van der Waals surface area (Å²) >= 11 is 0. The second kappa shape index (κ2) is 11.5. The lowest BCUT2D eigenvalue weighted by molar-refractivity contribution is -0.162. The molecule has 0 saturated carbocycles. The predicted molar refractivity (Wildman–Crippen MR) is 70.1 cm³/mol. The van der Waals surface area contributed by atoms with Gasteiger partial charge in [0.2, 0.25) is 0 Å². The molecule has 5 heteroatoms. The molecule has 5 nitrogen and oxygen atoms in total. The zero-order valence-corrected chi connectivity index (χ0v) is 11.8. The van der Waals surface area contributed by atoms with Crippen LogP contribution in [-0.2, 0) is 19.1 Å². The van der Waals surface area contributed by atoms with Gasteiger partial charge >= 0.3 is 11.9 Å². The van der Waals surface area contributed by atoms with E-state index in [1.54, 1.807) is 0 Å². The van der Waals surface area contributed by atoms with Gasteiger partial charge in [0, 0.05) is 6.42 Å². The molecule has 0 heterocycles. The van der Waals surface area contributed by atoms with Crippen molar-refractivity contribution in [2.75, 3.05) is 13.2 Å². The molecule has 0 rings (SSSR count). The Labute approximate surface area is 114 Å². The highest BCUT2D eigenvalue weighted by Gasteiger charge is 2.29. The number of rotatable bonds is 10. The van der Waals surface area contributed by atoms with Crippen molar-refractivity contribution in [2.45, 2.75) is 52.4 Å². The fourth-order valence-corrected chi connectivity index (χ4v) is 1.38. The zero-order valence-electron chi connectivity index (χ0n) is 11.8. The molecule has 0 saturated heterocycles. The second-order valence-corrected chi connectivity index (χ2v) is 4.29. The molecule has 0 aliphatic rings. The van der Waals surface area contributed by atoms with Crippen molar-refractivity contribution < 1.29 is 19.1 Å². The van der Waals surface area contributed by atoms with E-state index in [1.807, 2.05) is 19.9 Å². The number of hydrogen-bond donors (Lipinski definition) is 0. The first-order valence-electron chi connectivity index (χ1n) is 6.87. The first kappa shape index (κ1) is 17.4. The average Bonchev–Trinajstić information content (AvgIpc) is 2.40. The van der Waals surface area contributed by atoms with Crippen molar-refractivity contribution in [3.63, 3.8) is 0 Å². The van der Waals surface area contributed by atoms with Crippen molar-refractivity contribution in [1.82, 2.24) is 0 Å². The molecule has 0 aliphatic heterocycles. The third-order valence-electron chi connectivity index (χ3n) is 2.60. The number of esters is 2. The summed E-state index contributed by atoms with van der Waals surface area (Å²) in [6.45, 7) is 4.58. The van der Waals surface area contributed by atoms with E-state index in [2.05, 4.69) is 0 Å². The van der Waals surface area contributed by atoms with Crippen LogP contribution < -0.4 is 0 Å². The summed E-state index contributed by atoms with van der Waals surface area (Å²) in [6, 6.07) is 1.93. The summed E-state index contributed by atoms with van der Waals surface area (Å²) in [7, 11) is 0. The van der Waals surface area contributed by atoms with E-state index >= 15 is 0 Å². The molecule has 108 valence electrons. The molecule has 0 aromatic carbocycles. The van der Waals surface area contributed by atoms with Crippen LogP contribution in [0, 0.1) is 17.2 Å². The summed E-state index contributed by atoms with van der Waals surface area (Å²) in [4.78, 5) is 23.5. The maximum atomic E-state index is 11.8. The quantitative estimate of drug-likeness (QED) is 0.346. The Hall–Kier alpha value is -1.57. The third kappa shape index (κ3) is 8.20. The van der Waals surface area contributed by atoms with Crippen LogP contribution in [-0.4, -0.2) is 25.2 Å². The SMILES string of the molecule is CCCCOC(=O)C(CCC#N)C(=O)OCCCC. The minimum absolute atomic E-state index is 0.135. The predicted octanol–water partition coefficient (Wildman–Crippen LogP) is 2.59. The molecule has 0 atom stereocenters. The second-order valence-electron chi connectivity index (χ2n) is 4.29. The minimum atomic E-state index is -0.964. The van der Waals surface area contributed by atoms with Gasteiger partial charge in [-0.05, 0) is 19.3 Å². The molecule has 0 unspecified atom stereocenters. The topological polar surface area (TPSA) is 76.4 Å². The Bertz CT molecular complexity index is 287. The number of nitriles is 1. The normalized spacial score (nSPS) is 10.0. The molecule has 0 fully saturated rings. The largest absolute Gasteiger partial charge is 0.465 e. The van der Waals surface area contributed by atoms with Gasteiger partial charge < -0.3 is 9.47 Å². The van der Waals surface area contributed by atoms with Crippen molar-refractivity contribution in [2.24, 2.45) is 5.92 Å². The van der Waals surface area contributed by atoms with Gasteiger partial charge in [-0.25, -0.2) is 0 Å². The molecular formula is C14H23NO4. The van der Waals surface area contributed by atoms with E-state index in [4.69, 9.17) is 14.7 Å². The smallest absolute Gasteiger partial charge is 0.320 e. The number of ether oxygens (including phenoxy) is 2. The summed E-state index contributed by atoms with van der Waals surface area (Å²) in [5, 5.41) is 8.55. The van der Waals surface area contributed by atoms with Crippen LogP contribution in [0.4, 0.5) is 0 Å². The van der Waals surface area contributed by atoms with Gasteiger partial charge in [-0.1, -0.05) is 26.7 Å². The van der Waals surface area contributed by atoms with Gasteiger partial charge in [-0.15, -0.1) is 0 Å². The summed E-state index contributed by atoms with van der Waals surface area (Å²) in [6.07, 6.45) is 3.65. The van der Waals surface area contributed by atoms with Gasteiger partial charge in [0.25, 0.3) is 0 Å². The monoisotopic (exact) mass is 269 g/mol. The first-order valence-corrected chi connectivity index (χ1v) is 6.87. The zero-order chi connectivity index (χ0) is 14.5. The van der Waals surface area contributed by atoms with Crippen molar-refractivity contribution in [1.29, 1.82) is 5.26 Å². The van der Waals surface area contributed by atoms with Crippen molar-refractivity contribution >= 4 is 11.9 Å². The van der Waals surface area contributed by atoms with E-state index in [1.165, 1.54) is 0 Å². The number of nitrogens with zero attached hydrogens (tertiary/aromatic N) is 1. The lowest BCUT2D eigenvalue weighted by atomic mass is 10.0. The summed E-state index contributed by atoms with van der Waals surface area (Å²) < 4.78 is 10.0. The minimum Gasteiger partial charge on any atom is -0.465 e. The number of unbranched alkanes of at least 4 members (excludes halogenated alkanes) is 2. The standard InChI is InChI=1S/C14H23NO4/c1-3-5-10-18-13(16)12(8-7-9-15)14(17)19-11-6-4-2/h12H,3-8,10-11H2,1-2H3. The lowest BCUT2D eigenvalue weighted by Gasteiger charge is -2.14. The molecular weight excluding hydrogens is 246 g/mol. The lowest BCUT2D eigenvalue weighted by Crippen LogP contribution is -2.28. The van der Waals surface area contributed by atoms with Gasteiger partial charge in [0.05, 0.1) is 19.3 Å². The van der Waals surface area contributed by atoms with Crippen LogP contribution in [0.3, 0.4) is 0 Å². The first-order chi connectivity index (χ1) is 9.17. The highest BCUT2D eigenvalue weighted by atomic mass is 16.6. The molecule has 0 radical (unpaired) electrons. The van der Waals surface area contributed by atoms with E-state index in [0.29, 0.717) is 13.2 Å². The molecule has 19 heavy (non-hydrogen) atoms. The Morgan fingerprint density at radius 1 is 1.05 bits per heavy atom. The molecule has 0 amide bonds. The highest BCUT2D eigenvalue weighted by molar-refractivity contribution is 5.94. The van der Waals surface area contributed by atoms with Gasteiger partial charge in [0.1, 0.15) is 0 Å². The van der Waals surface area contributed by atoms with E-state index < -0.39 is 17.9 Å². The van der Waals surface area contributed by atoms with E-state index in [-0.39, 0.29) is 12.8 Å². The maximum absolute atomic E-state index is 11.8. The summed E-state index contributed by atoms with van der Waals surface area (Å²) in [5.41, 5.74) is 0. The Morgan fingerprint density at radius 3 is 1.89 bits per heavy atom. The van der Waals surface area contributed by atoms with Gasteiger partial charge in [0.15, 0.2) is 5.92 Å². The molecule has 0 aromatic heterocycles. The maximum Gasteiger partial charge on any atom is 0.320 e. The Balaban J connectivity index is 4.30. The van der Waals surface area contributed by atoms with Crippen molar-refractivity contribution in [3.8, 4) is 6.07 Å². The van der Waals surface area contributed by atoms with E-state index in [0.717, 1.165) is 25.7 Å². The van der Waals surface area contributed by atoms with Crippen molar-refractivity contribution in [3.05, 3.63) is 0 Å². The van der Waals surface area contributed by atoms with E-state index in [9.17, 15) is 9.59 Å². The Kier molecular flexibility index (Phi) is 10.6. The van der Waals surface area contributed by atoms with Crippen LogP contribution >= 0.6 is 0 Å². The average molecular weight is 269 g/mol. The van der Waals surface area contributed by atoms with Crippen LogP contribution in [0.5, 0.6) is 0 Å². The number of carbonyl (C=O) groups excluding carboxylic acids is 2. The highest BCUT2D eigenvalue weighted by Crippen LogP contribution is 2.12. The number of hydrogen-bond acceptors (Lipinski definition) is 5. The molecule has 0 aliphatic carbocycles. The van der Waals surface area contributed by atoms with Gasteiger partial charge in [-0.2, -0.15) is 5.26 Å².